The van der Waals surface area contributed by atoms with Crippen molar-refractivity contribution in [2.45, 2.75) is 6.54 Å². The van der Waals surface area contributed by atoms with Crippen LogP contribution in [-0.2, 0) is 6.54 Å². The molecule has 5 heteroatoms. The number of hydrogen-bond donors (Lipinski definition) is 0. The van der Waals surface area contributed by atoms with Crippen molar-refractivity contribution in [3.8, 4) is 5.69 Å². The molecule has 0 spiro atoms. The highest BCUT2D eigenvalue weighted by molar-refractivity contribution is 5.30. The predicted octanol–water partition coefficient (Wildman–Crippen LogP) is 1.48. The van der Waals surface area contributed by atoms with Crippen molar-refractivity contribution in [1.82, 2.24) is 19.3 Å². The molecule has 0 aliphatic carbocycles. The Morgan fingerprint density at radius 1 is 1.00 bits per heavy atom. The van der Waals surface area contributed by atoms with Gasteiger partial charge in [0.1, 0.15) is 0 Å². The highest BCUT2D eigenvalue weighted by Crippen LogP contribution is 2.07. The van der Waals surface area contributed by atoms with Gasteiger partial charge in [-0.25, -0.2) is 14.5 Å². The van der Waals surface area contributed by atoms with E-state index in [1.165, 1.54) is 10.8 Å². The highest BCUT2D eigenvalue weighted by Gasteiger charge is 2.03. The lowest BCUT2D eigenvalue weighted by Gasteiger charge is -2.02. The van der Waals surface area contributed by atoms with E-state index in [0.717, 1.165) is 11.4 Å². The largest absolute Gasteiger partial charge is 0.347 e. The molecule has 2 heterocycles. The molecule has 0 aliphatic rings. The van der Waals surface area contributed by atoms with Crippen molar-refractivity contribution in [3.63, 3.8) is 0 Å². The minimum absolute atomic E-state index is 0.267. The molecule has 0 atom stereocenters. The third kappa shape index (κ3) is 2.44. The fraction of sp³-hybridized carbons (Fsp3) is 0.0714. The first-order chi connectivity index (χ1) is 9.33. The molecule has 0 N–H and O–H groups in total. The molecule has 1 aromatic carbocycles. The third-order valence-electron chi connectivity index (χ3n) is 2.78. The molecule has 0 aliphatic heterocycles. The van der Waals surface area contributed by atoms with Crippen molar-refractivity contribution < 1.29 is 0 Å². The standard InChI is InChI=1S/C14H12N4O/c19-14-15-8-4-9-17(14)11-12-7-10-18(16-12)13-5-2-1-3-6-13/h1-10H,11H2. The van der Waals surface area contributed by atoms with Crippen LogP contribution in [0.3, 0.4) is 0 Å². The molecule has 3 aromatic rings. The van der Waals surface area contributed by atoms with Crippen molar-refractivity contribution in [3.05, 3.63) is 77.2 Å². The van der Waals surface area contributed by atoms with Crippen LogP contribution >= 0.6 is 0 Å². The monoisotopic (exact) mass is 252 g/mol. The van der Waals surface area contributed by atoms with Crippen molar-refractivity contribution in [2.24, 2.45) is 0 Å². The summed E-state index contributed by atoms with van der Waals surface area (Å²) in [6.07, 6.45) is 5.07. The Bertz CT molecular complexity index is 730. The number of nitrogens with zero attached hydrogens (tertiary/aromatic N) is 4. The van der Waals surface area contributed by atoms with Gasteiger partial charge in [0.25, 0.3) is 0 Å². The zero-order chi connectivity index (χ0) is 13.1. The van der Waals surface area contributed by atoms with Gasteiger partial charge in [-0.05, 0) is 24.3 Å². The van der Waals surface area contributed by atoms with Gasteiger partial charge in [-0.2, -0.15) is 5.10 Å². The number of benzene rings is 1. The van der Waals surface area contributed by atoms with Crippen molar-refractivity contribution in [2.75, 3.05) is 0 Å². The molecule has 3 rings (SSSR count). The number of para-hydroxylation sites is 1. The van der Waals surface area contributed by atoms with Gasteiger partial charge in [-0.3, -0.25) is 4.57 Å². The fourth-order valence-electron chi connectivity index (χ4n) is 1.85. The van der Waals surface area contributed by atoms with Gasteiger partial charge in [0.15, 0.2) is 0 Å². The first kappa shape index (κ1) is 11.4. The summed E-state index contributed by atoms with van der Waals surface area (Å²) in [5.74, 6) is 0. The zero-order valence-corrected chi connectivity index (χ0v) is 10.2. The van der Waals surface area contributed by atoms with E-state index in [0.29, 0.717) is 6.54 Å². The first-order valence-corrected chi connectivity index (χ1v) is 5.94. The van der Waals surface area contributed by atoms with Gasteiger partial charge >= 0.3 is 5.69 Å². The minimum Gasteiger partial charge on any atom is -0.293 e. The van der Waals surface area contributed by atoms with Crippen LogP contribution in [0.4, 0.5) is 0 Å². The van der Waals surface area contributed by atoms with Crippen LogP contribution in [0.25, 0.3) is 5.69 Å². The molecular weight excluding hydrogens is 240 g/mol. The Labute approximate surface area is 109 Å². The average molecular weight is 252 g/mol. The Morgan fingerprint density at radius 2 is 1.84 bits per heavy atom. The lowest BCUT2D eigenvalue weighted by atomic mass is 10.3. The molecule has 0 fully saturated rings. The van der Waals surface area contributed by atoms with Gasteiger partial charge < -0.3 is 0 Å². The molecule has 5 nitrogen and oxygen atoms in total. The van der Waals surface area contributed by atoms with E-state index in [2.05, 4.69) is 10.1 Å². The normalized spacial score (nSPS) is 10.5. The fourth-order valence-corrected chi connectivity index (χ4v) is 1.85. The van der Waals surface area contributed by atoms with Crippen LogP contribution in [0, 0.1) is 0 Å². The molecule has 0 bridgehead atoms. The van der Waals surface area contributed by atoms with Crippen LogP contribution in [0.1, 0.15) is 5.69 Å². The maximum atomic E-state index is 11.5. The summed E-state index contributed by atoms with van der Waals surface area (Å²) in [5, 5.41) is 4.45. The number of hydrogen-bond acceptors (Lipinski definition) is 3. The Hall–Kier alpha value is -2.69. The van der Waals surface area contributed by atoms with E-state index in [9.17, 15) is 4.79 Å². The Kier molecular flexibility index (Phi) is 2.94. The Morgan fingerprint density at radius 3 is 2.63 bits per heavy atom. The van der Waals surface area contributed by atoms with E-state index < -0.39 is 0 Å². The second kappa shape index (κ2) is 4.89. The maximum Gasteiger partial charge on any atom is 0.347 e. The SMILES string of the molecule is O=c1ncccn1Cc1ccn(-c2ccccc2)n1. The molecule has 94 valence electrons. The quantitative estimate of drug-likeness (QED) is 0.709. The van der Waals surface area contributed by atoms with Crippen LogP contribution in [0.15, 0.2) is 65.8 Å². The van der Waals surface area contributed by atoms with Gasteiger partial charge in [0.05, 0.1) is 17.9 Å². The van der Waals surface area contributed by atoms with Gasteiger partial charge in [-0.15, -0.1) is 0 Å². The predicted molar refractivity (Wildman–Crippen MR) is 71.2 cm³/mol. The summed E-state index contributed by atoms with van der Waals surface area (Å²) in [4.78, 5) is 15.2. The van der Waals surface area contributed by atoms with Crippen LogP contribution < -0.4 is 5.69 Å². The second-order valence-electron chi connectivity index (χ2n) is 4.12. The molecule has 0 saturated heterocycles. The summed E-state index contributed by atoms with van der Waals surface area (Å²) >= 11 is 0. The van der Waals surface area contributed by atoms with Gasteiger partial charge in [0, 0.05) is 18.6 Å². The summed E-state index contributed by atoms with van der Waals surface area (Å²) < 4.78 is 3.31. The third-order valence-corrected chi connectivity index (χ3v) is 2.78. The molecular formula is C14H12N4O. The van der Waals surface area contributed by atoms with Crippen LogP contribution in [0.5, 0.6) is 0 Å². The smallest absolute Gasteiger partial charge is 0.293 e. The first-order valence-electron chi connectivity index (χ1n) is 5.94. The molecule has 19 heavy (non-hydrogen) atoms. The van der Waals surface area contributed by atoms with Crippen LogP contribution in [-0.4, -0.2) is 19.3 Å². The molecule has 0 unspecified atom stereocenters. The zero-order valence-electron chi connectivity index (χ0n) is 10.2. The van der Waals surface area contributed by atoms with E-state index in [4.69, 9.17) is 0 Å². The van der Waals surface area contributed by atoms with Gasteiger partial charge in [0.2, 0.25) is 0 Å². The van der Waals surface area contributed by atoms with E-state index in [1.54, 1.807) is 16.9 Å². The molecule has 2 aromatic heterocycles. The van der Waals surface area contributed by atoms with Crippen molar-refractivity contribution in [1.29, 1.82) is 0 Å². The molecule has 0 radical (unpaired) electrons. The minimum atomic E-state index is -0.267. The summed E-state index contributed by atoms with van der Waals surface area (Å²) in [6, 6.07) is 13.5. The van der Waals surface area contributed by atoms with E-state index >= 15 is 0 Å². The topological polar surface area (TPSA) is 52.7 Å². The van der Waals surface area contributed by atoms with Crippen LogP contribution in [0.2, 0.25) is 0 Å². The van der Waals surface area contributed by atoms with Crippen molar-refractivity contribution >= 4 is 0 Å². The summed E-state index contributed by atoms with van der Waals surface area (Å²) in [6.45, 7) is 0.423. The van der Waals surface area contributed by atoms with E-state index in [-0.39, 0.29) is 5.69 Å². The summed E-state index contributed by atoms with van der Waals surface area (Å²) in [5.41, 5.74) is 1.54. The summed E-state index contributed by atoms with van der Waals surface area (Å²) in [7, 11) is 0. The highest BCUT2D eigenvalue weighted by atomic mass is 16.1. The second-order valence-corrected chi connectivity index (χ2v) is 4.12. The lowest BCUT2D eigenvalue weighted by Crippen LogP contribution is -2.22. The maximum absolute atomic E-state index is 11.5. The molecule has 0 saturated carbocycles. The number of rotatable bonds is 3. The average Bonchev–Trinajstić information content (AvgIpc) is 2.91. The Balaban J connectivity index is 1.87. The van der Waals surface area contributed by atoms with Gasteiger partial charge in [-0.1, -0.05) is 18.2 Å². The molecule has 0 amide bonds. The number of aromatic nitrogens is 4. The van der Waals surface area contributed by atoms with E-state index in [1.807, 2.05) is 42.6 Å². The lowest BCUT2D eigenvalue weighted by molar-refractivity contribution is 0.696.